The topological polar surface area (TPSA) is 212 Å². The van der Waals surface area contributed by atoms with Gasteiger partial charge in [-0.2, -0.15) is 8.42 Å². The first kappa shape index (κ1) is 43.6. The number of rotatable bonds is 27. The molecule has 1 rings (SSSR count). The Morgan fingerprint density at radius 3 is 2.04 bits per heavy atom. The fourth-order valence-electron chi connectivity index (χ4n) is 5.20. The molecule has 0 aromatic heterocycles. The Hall–Kier alpha value is -1.46. The van der Waals surface area contributed by atoms with Crippen molar-refractivity contribution in [1.29, 1.82) is 0 Å². The molecule has 276 valence electrons. The predicted octanol–water partition coefficient (Wildman–Crippen LogP) is 3.23. The van der Waals surface area contributed by atoms with Gasteiger partial charge in [0, 0.05) is 0 Å². The number of carbonyl (C=O) groups excluding carboxylic acids is 1. The summed E-state index contributed by atoms with van der Waals surface area (Å²) in [6.07, 6.45) is 11.8. The Labute approximate surface area is 281 Å². The zero-order valence-corrected chi connectivity index (χ0v) is 29.0. The van der Waals surface area contributed by atoms with E-state index in [1.807, 2.05) is 0 Å². The second-order valence-corrected chi connectivity index (χ2v) is 13.3. The van der Waals surface area contributed by atoms with E-state index in [2.05, 4.69) is 35.5 Å². The van der Waals surface area contributed by atoms with Crippen molar-refractivity contribution in [2.45, 2.75) is 166 Å². The van der Waals surface area contributed by atoms with Gasteiger partial charge in [0.1, 0.15) is 30.5 Å². The van der Waals surface area contributed by atoms with Crippen molar-refractivity contribution in [3.05, 3.63) is 24.3 Å². The molecule has 1 aliphatic rings. The molecule has 1 amide bonds. The SMILES string of the molecule is CCCC/C=C\CCCCCC(O)C(=O)NC(COC1OC(CO)C(O)C(OS(=O)(=O)O)C1O)C(O)/C=C/CCCCCCCCC. The molecule has 1 heterocycles. The zero-order chi connectivity index (χ0) is 35.1. The number of hydrogen-bond acceptors (Lipinski definition) is 11. The van der Waals surface area contributed by atoms with Gasteiger partial charge in [-0.3, -0.25) is 9.35 Å². The predicted molar refractivity (Wildman–Crippen MR) is 178 cm³/mol. The maximum atomic E-state index is 12.9. The van der Waals surface area contributed by atoms with Crippen LogP contribution in [0.2, 0.25) is 0 Å². The van der Waals surface area contributed by atoms with Crippen LogP contribution in [-0.4, -0.2) is 107 Å². The van der Waals surface area contributed by atoms with Crippen molar-refractivity contribution in [2.24, 2.45) is 0 Å². The van der Waals surface area contributed by atoms with Gasteiger partial charge >= 0.3 is 10.4 Å². The molecule has 14 heteroatoms. The van der Waals surface area contributed by atoms with E-state index < -0.39 is 78.5 Å². The summed E-state index contributed by atoms with van der Waals surface area (Å²) in [5.41, 5.74) is 0. The summed E-state index contributed by atoms with van der Waals surface area (Å²) in [7, 11) is -5.11. The summed E-state index contributed by atoms with van der Waals surface area (Å²) >= 11 is 0. The number of amides is 1. The van der Waals surface area contributed by atoms with E-state index in [1.54, 1.807) is 6.08 Å². The molecule has 1 aliphatic heterocycles. The Morgan fingerprint density at radius 2 is 1.43 bits per heavy atom. The Balaban J connectivity index is 2.81. The van der Waals surface area contributed by atoms with Gasteiger partial charge < -0.3 is 40.3 Å². The van der Waals surface area contributed by atoms with Crippen LogP contribution < -0.4 is 5.32 Å². The second-order valence-electron chi connectivity index (χ2n) is 12.2. The van der Waals surface area contributed by atoms with E-state index in [0.717, 1.165) is 57.8 Å². The minimum Gasteiger partial charge on any atom is -0.394 e. The van der Waals surface area contributed by atoms with Crippen LogP contribution in [-0.2, 0) is 28.9 Å². The highest BCUT2D eigenvalue weighted by Gasteiger charge is 2.48. The third-order valence-corrected chi connectivity index (χ3v) is 8.55. The lowest BCUT2D eigenvalue weighted by atomic mass is 9.99. The van der Waals surface area contributed by atoms with Crippen LogP contribution in [0.15, 0.2) is 24.3 Å². The second kappa shape index (κ2) is 25.5. The van der Waals surface area contributed by atoms with E-state index in [1.165, 1.54) is 31.8 Å². The van der Waals surface area contributed by atoms with Crippen LogP contribution >= 0.6 is 0 Å². The van der Waals surface area contributed by atoms with Crippen molar-refractivity contribution in [3.63, 3.8) is 0 Å². The van der Waals surface area contributed by atoms with E-state index in [0.29, 0.717) is 12.8 Å². The Morgan fingerprint density at radius 1 is 0.851 bits per heavy atom. The smallest absolute Gasteiger partial charge is 0.394 e. The number of allylic oxidation sites excluding steroid dienone is 3. The molecular formula is C33H61NO12S. The molecule has 0 aliphatic carbocycles. The minimum absolute atomic E-state index is 0.221. The van der Waals surface area contributed by atoms with E-state index in [4.69, 9.17) is 14.0 Å². The average molecular weight is 696 g/mol. The zero-order valence-electron chi connectivity index (χ0n) is 28.2. The van der Waals surface area contributed by atoms with Gasteiger partial charge in [-0.15, -0.1) is 0 Å². The molecular weight excluding hydrogens is 634 g/mol. The summed E-state index contributed by atoms with van der Waals surface area (Å²) in [4.78, 5) is 12.9. The quantitative estimate of drug-likeness (QED) is 0.0375. The number of carbonyl (C=O) groups is 1. The van der Waals surface area contributed by atoms with Crippen molar-refractivity contribution in [2.75, 3.05) is 13.2 Å². The maximum Gasteiger partial charge on any atom is 0.397 e. The van der Waals surface area contributed by atoms with Crippen LogP contribution in [0.3, 0.4) is 0 Å². The molecule has 1 fully saturated rings. The number of nitrogens with one attached hydrogen (secondary N) is 1. The number of aliphatic hydroxyl groups is 5. The summed E-state index contributed by atoms with van der Waals surface area (Å²) in [5, 5.41) is 54.5. The molecule has 7 N–H and O–H groups in total. The van der Waals surface area contributed by atoms with Crippen LogP contribution in [0, 0.1) is 0 Å². The molecule has 0 saturated carbocycles. The summed E-state index contributed by atoms with van der Waals surface area (Å²) in [5.74, 6) is -0.723. The van der Waals surface area contributed by atoms with E-state index in [9.17, 15) is 38.7 Å². The molecule has 47 heavy (non-hydrogen) atoms. The summed E-state index contributed by atoms with van der Waals surface area (Å²) in [6, 6.07) is -1.12. The van der Waals surface area contributed by atoms with Gasteiger partial charge in [0.05, 0.1) is 25.4 Å². The Kier molecular flexibility index (Phi) is 23.6. The molecule has 0 aromatic rings. The monoisotopic (exact) mass is 695 g/mol. The highest BCUT2D eigenvalue weighted by molar-refractivity contribution is 7.80. The fraction of sp³-hybridized carbons (Fsp3) is 0.848. The van der Waals surface area contributed by atoms with E-state index in [-0.39, 0.29) is 6.42 Å². The first-order valence-corrected chi connectivity index (χ1v) is 18.7. The normalized spacial score (nSPS) is 24.1. The lowest BCUT2D eigenvalue weighted by Crippen LogP contribution is -2.61. The van der Waals surface area contributed by atoms with E-state index >= 15 is 0 Å². The number of ether oxygens (including phenoxy) is 2. The maximum absolute atomic E-state index is 12.9. The molecule has 0 spiro atoms. The van der Waals surface area contributed by atoms with Crippen molar-refractivity contribution in [1.82, 2.24) is 5.32 Å². The summed E-state index contributed by atoms with van der Waals surface area (Å²) < 4.78 is 47.0. The molecule has 13 nitrogen and oxygen atoms in total. The third kappa shape index (κ3) is 19.4. The first-order chi connectivity index (χ1) is 22.4. The molecule has 8 unspecified atom stereocenters. The largest absolute Gasteiger partial charge is 0.397 e. The van der Waals surface area contributed by atoms with Gasteiger partial charge in [-0.05, 0) is 38.5 Å². The third-order valence-electron chi connectivity index (χ3n) is 8.08. The van der Waals surface area contributed by atoms with Crippen molar-refractivity contribution in [3.8, 4) is 0 Å². The van der Waals surface area contributed by atoms with Gasteiger partial charge in [0.2, 0.25) is 5.91 Å². The first-order valence-electron chi connectivity index (χ1n) is 17.3. The van der Waals surface area contributed by atoms with Crippen molar-refractivity contribution < 1.29 is 57.0 Å². The van der Waals surface area contributed by atoms with Gasteiger partial charge in [-0.25, -0.2) is 4.18 Å². The lowest BCUT2D eigenvalue weighted by Gasteiger charge is -2.41. The summed E-state index contributed by atoms with van der Waals surface area (Å²) in [6.45, 7) is 3.05. The van der Waals surface area contributed by atoms with Gasteiger partial charge in [-0.1, -0.05) is 102 Å². The van der Waals surface area contributed by atoms with Crippen LogP contribution in [0.25, 0.3) is 0 Å². The molecule has 0 radical (unpaired) electrons. The molecule has 0 aromatic carbocycles. The molecule has 1 saturated heterocycles. The fourth-order valence-corrected chi connectivity index (χ4v) is 5.71. The standard InChI is InChI=1S/C33H61NO12S/c1-3-5-7-9-11-13-15-17-19-21-26(36)25(34-32(40)27(37)22-20-18-16-14-12-10-8-6-4-2)24-44-33-30(39)31(46-47(41,42)43)29(38)28(23-35)45-33/h10,12,19,21,25-31,33,35-39H,3-9,11,13-18,20,22-24H2,1-2H3,(H,34,40)(H,41,42,43)/b12-10-,21-19+. The molecule has 8 atom stereocenters. The van der Waals surface area contributed by atoms with Crippen LogP contribution in [0.5, 0.6) is 0 Å². The van der Waals surface area contributed by atoms with Gasteiger partial charge in [0.25, 0.3) is 0 Å². The van der Waals surface area contributed by atoms with Crippen LogP contribution in [0.4, 0.5) is 0 Å². The lowest BCUT2D eigenvalue weighted by molar-refractivity contribution is -0.298. The average Bonchev–Trinajstić information content (AvgIpc) is 3.03. The highest BCUT2D eigenvalue weighted by Crippen LogP contribution is 2.26. The minimum atomic E-state index is -5.11. The number of hydrogen-bond donors (Lipinski definition) is 7. The number of unbranched alkanes of at least 4 members (excludes halogenated alkanes) is 12. The Bertz CT molecular complexity index is 979. The van der Waals surface area contributed by atoms with Crippen molar-refractivity contribution >= 4 is 16.3 Å². The number of aliphatic hydroxyl groups excluding tert-OH is 5. The highest BCUT2D eigenvalue weighted by atomic mass is 32.3. The van der Waals surface area contributed by atoms with Gasteiger partial charge in [0.15, 0.2) is 6.29 Å². The molecule has 0 bridgehead atoms. The van der Waals surface area contributed by atoms with Crippen LogP contribution in [0.1, 0.15) is 117 Å².